The number of anilines is 8. The van der Waals surface area contributed by atoms with Crippen LogP contribution in [0.2, 0.25) is 0 Å². The van der Waals surface area contributed by atoms with Gasteiger partial charge in [-0.15, -0.1) is 0 Å². The Balaban J connectivity index is 0.762. The molecule has 0 saturated carbocycles. The summed E-state index contributed by atoms with van der Waals surface area (Å²) in [5.74, 6) is 1.90. The maximum absolute atomic E-state index is 14.0. The van der Waals surface area contributed by atoms with Gasteiger partial charge in [-0.1, -0.05) is 111 Å². The van der Waals surface area contributed by atoms with E-state index in [4.69, 9.17) is 18.9 Å². The van der Waals surface area contributed by atoms with E-state index < -0.39 is 11.2 Å². The van der Waals surface area contributed by atoms with Gasteiger partial charge in [0.25, 0.3) is 0 Å². The predicted molar refractivity (Wildman–Crippen MR) is 357 cm³/mol. The second-order valence-electron chi connectivity index (χ2n) is 24.3. The number of esters is 2. The summed E-state index contributed by atoms with van der Waals surface area (Å²) in [5, 5.41) is 0. The van der Waals surface area contributed by atoms with Crippen molar-refractivity contribution >= 4 is 57.4 Å². The minimum atomic E-state index is -1.23. The fourth-order valence-corrected chi connectivity index (χ4v) is 14.5. The topological polar surface area (TPSA) is 84.0 Å². The molecule has 4 heterocycles. The number of hydrogen-bond donors (Lipinski definition) is 0. The van der Waals surface area contributed by atoms with Gasteiger partial charge < -0.3 is 38.5 Å². The summed E-state index contributed by atoms with van der Waals surface area (Å²) in [6.45, 7) is 24.6. The SMILES string of the molecule is CCN(c1ccc2c(c1)Oc1cc(C)c(N(CC)c3ccc(C(C)(C)c4ccc(N(CC)c5cc6c(cc5C)Oc5cc(N(CC)c7ccccc7C)ccc5C65OC(=O)c6ccccc65)cc4)cc3)cc1C21OC(=O)c2ccccc21)c1ccccc1C. The van der Waals surface area contributed by atoms with Crippen molar-refractivity contribution in [1.82, 2.24) is 0 Å². The van der Waals surface area contributed by atoms with Gasteiger partial charge in [0, 0.05) is 123 Å². The van der Waals surface area contributed by atoms with E-state index in [9.17, 15) is 9.59 Å². The van der Waals surface area contributed by atoms with E-state index in [0.29, 0.717) is 47.2 Å². The molecule has 4 aliphatic heterocycles. The highest BCUT2D eigenvalue weighted by Gasteiger charge is 2.55. The van der Waals surface area contributed by atoms with Gasteiger partial charge >= 0.3 is 11.9 Å². The van der Waals surface area contributed by atoms with Crippen LogP contribution in [0.4, 0.5) is 45.5 Å². The zero-order valence-electron chi connectivity index (χ0n) is 52.2. The first kappa shape index (κ1) is 56.7. The molecule has 10 aromatic carbocycles. The van der Waals surface area contributed by atoms with Gasteiger partial charge in [-0.3, -0.25) is 0 Å². The molecule has 10 aromatic rings. The van der Waals surface area contributed by atoms with E-state index in [2.05, 4.69) is 247 Å². The second kappa shape index (κ2) is 21.7. The van der Waals surface area contributed by atoms with Crippen LogP contribution in [0.3, 0.4) is 0 Å². The van der Waals surface area contributed by atoms with Crippen LogP contribution in [-0.4, -0.2) is 38.1 Å². The molecular formula is C79H72N4O6. The Bertz CT molecular complexity index is 4210. The van der Waals surface area contributed by atoms with Crippen molar-refractivity contribution in [3.05, 3.63) is 284 Å². The fourth-order valence-electron chi connectivity index (χ4n) is 14.5. The van der Waals surface area contributed by atoms with Crippen LogP contribution in [-0.2, 0) is 26.1 Å². The highest BCUT2D eigenvalue weighted by atomic mass is 16.6. The first-order chi connectivity index (χ1) is 43.1. The molecule has 0 amide bonds. The van der Waals surface area contributed by atoms with Crippen molar-refractivity contribution in [3.63, 3.8) is 0 Å². The fraction of sp³-hybridized carbons (Fsp3) is 0.215. The highest BCUT2D eigenvalue weighted by Crippen LogP contribution is 2.60. The summed E-state index contributed by atoms with van der Waals surface area (Å²) in [6, 6.07) is 71.2. The molecule has 444 valence electrons. The average molecular weight is 1170 g/mol. The summed E-state index contributed by atoms with van der Waals surface area (Å²) in [7, 11) is 0. The average Bonchev–Trinajstić information content (AvgIpc) is 1.68. The smallest absolute Gasteiger partial charge is 0.340 e. The molecule has 14 rings (SSSR count). The highest BCUT2D eigenvalue weighted by molar-refractivity contribution is 5.98. The standard InChI is InChI=1S/C79H72N4O6/c1-11-80(69-47-65-71(43-51(69)7)86-73-45-57(82(13-3)67-29-21-15-23-49(67)5)39-41-63(73)78(65)61-27-19-17-25-59(61)75(84)88-78)55-35-31-53(32-36-55)77(9,10)54-33-37-56(38-34-54)81(12-2)70-48-66-72(44-52(70)8)87-74-46-58(83(14-4)68-30-22-16-24-50(68)6)40-42-64(74)79(66)62-28-20-18-26-60(62)76(85)89-79/h15-48H,11-14H2,1-10H3. The minimum absolute atomic E-state index is 0.357. The number of benzene rings is 10. The third-order valence-electron chi connectivity index (χ3n) is 19.1. The normalized spacial score (nSPS) is 16.4. The van der Waals surface area contributed by atoms with Crippen LogP contribution in [0.1, 0.15) is 129 Å². The van der Waals surface area contributed by atoms with E-state index in [0.717, 1.165) is 103 Å². The molecule has 0 saturated heterocycles. The number of aryl methyl sites for hydroxylation is 4. The molecule has 10 heteroatoms. The lowest BCUT2D eigenvalue weighted by Crippen LogP contribution is -2.33. The second-order valence-corrected chi connectivity index (χ2v) is 24.3. The number of rotatable bonds is 14. The Morgan fingerprint density at radius 2 is 0.674 bits per heavy atom. The largest absolute Gasteiger partial charge is 0.456 e. The first-order valence-corrected chi connectivity index (χ1v) is 31.2. The number of hydrogen-bond acceptors (Lipinski definition) is 10. The lowest BCUT2D eigenvalue weighted by Gasteiger charge is -2.38. The summed E-state index contributed by atoms with van der Waals surface area (Å²) in [4.78, 5) is 37.3. The van der Waals surface area contributed by atoms with Crippen molar-refractivity contribution in [3.8, 4) is 23.0 Å². The first-order valence-electron chi connectivity index (χ1n) is 31.2. The number of nitrogens with zero attached hydrogens (tertiary/aromatic N) is 4. The van der Waals surface area contributed by atoms with Gasteiger partial charge in [0.05, 0.1) is 11.1 Å². The maximum atomic E-state index is 14.0. The van der Waals surface area contributed by atoms with E-state index in [1.54, 1.807) is 0 Å². The van der Waals surface area contributed by atoms with Gasteiger partial charge in [0.1, 0.15) is 23.0 Å². The van der Waals surface area contributed by atoms with Crippen molar-refractivity contribution < 1.29 is 28.5 Å². The van der Waals surface area contributed by atoms with Gasteiger partial charge in [0.2, 0.25) is 0 Å². The van der Waals surface area contributed by atoms with E-state index in [1.165, 1.54) is 22.3 Å². The minimum Gasteiger partial charge on any atom is -0.456 e. The van der Waals surface area contributed by atoms with Crippen molar-refractivity contribution in [2.24, 2.45) is 0 Å². The van der Waals surface area contributed by atoms with Crippen LogP contribution < -0.4 is 29.1 Å². The number of ether oxygens (including phenoxy) is 4. The molecule has 0 fully saturated rings. The van der Waals surface area contributed by atoms with Crippen LogP contribution in [0.5, 0.6) is 23.0 Å². The number of fused-ring (bicyclic) bond motifs is 12. The van der Waals surface area contributed by atoms with Crippen LogP contribution in [0, 0.1) is 27.7 Å². The third kappa shape index (κ3) is 8.80. The molecular weight excluding hydrogens is 1100 g/mol. The molecule has 89 heavy (non-hydrogen) atoms. The molecule has 0 bridgehead atoms. The molecule has 2 atom stereocenters. The van der Waals surface area contributed by atoms with E-state index in [-0.39, 0.29) is 17.4 Å². The summed E-state index contributed by atoms with van der Waals surface area (Å²) in [5.41, 5.74) is 18.1. The Hall–Kier alpha value is -10.1. The zero-order valence-corrected chi connectivity index (χ0v) is 52.2. The quantitative estimate of drug-likeness (QED) is 0.0982. The van der Waals surface area contributed by atoms with Gasteiger partial charge in [-0.25, -0.2) is 9.59 Å². The number of para-hydroxylation sites is 2. The number of carbonyl (C=O) groups is 2. The van der Waals surface area contributed by atoms with Crippen LogP contribution >= 0.6 is 0 Å². The van der Waals surface area contributed by atoms with Crippen LogP contribution in [0.25, 0.3) is 0 Å². The molecule has 0 aromatic heterocycles. The van der Waals surface area contributed by atoms with Crippen LogP contribution in [0.15, 0.2) is 206 Å². The molecule has 10 nitrogen and oxygen atoms in total. The lowest BCUT2D eigenvalue weighted by molar-refractivity contribution is 0.0214. The van der Waals surface area contributed by atoms with Gasteiger partial charge in [0.15, 0.2) is 11.2 Å². The van der Waals surface area contributed by atoms with Crippen molar-refractivity contribution in [2.45, 2.75) is 85.9 Å². The Kier molecular flexibility index (Phi) is 13.8. The van der Waals surface area contributed by atoms with Crippen molar-refractivity contribution in [1.29, 1.82) is 0 Å². The monoisotopic (exact) mass is 1170 g/mol. The Morgan fingerprint density at radius 3 is 1.06 bits per heavy atom. The van der Waals surface area contributed by atoms with Gasteiger partial charge in [-0.05, 0) is 186 Å². The Morgan fingerprint density at radius 1 is 0.337 bits per heavy atom. The molecule has 4 aliphatic rings. The molecule has 0 aliphatic carbocycles. The van der Waals surface area contributed by atoms with Crippen molar-refractivity contribution in [2.75, 3.05) is 45.8 Å². The van der Waals surface area contributed by atoms with E-state index in [1.807, 2.05) is 48.5 Å². The summed E-state index contributed by atoms with van der Waals surface area (Å²) >= 11 is 0. The van der Waals surface area contributed by atoms with E-state index >= 15 is 0 Å². The predicted octanol–water partition coefficient (Wildman–Crippen LogP) is 19.0. The molecule has 2 unspecified atom stereocenters. The summed E-state index contributed by atoms with van der Waals surface area (Å²) in [6.07, 6.45) is 0. The molecule has 2 spiro atoms. The zero-order chi connectivity index (χ0) is 61.7. The summed E-state index contributed by atoms with van der Waals surface area (Å²) < 4.78 is 27.3. The maximum Gasteiger partial charge on any atom is 0.340 e. The van der Waals surface area contributed by atoms with Gasteiger partial charge in [-0.2, -0.15) is 0 Å². The number of carbonyl (C=O) groups excluding carboxylic acids is 2. The lowest BCUT2D eigenvalue weighted by atomic mass is 9.77. The molecule has 0 radical (unpaired) electrons. The Labute approximate surface area is 522 Å². The molecule has 0 N–H and O–H groups in total. The third-order valence-corrected chi connectivity index (χ3v) is 19.1.